The number of anilines is 2. The van der Waals surface area contributed by atoms with Crippen LogP contribution in [0.25, 0.3) is 0 Å². The molecule has 2 atom stereocenters. The van der Waals surface area contributed by atoms with Gasteiger partial charge in [-0.3, -0.25) is 0 Å². The summed E-state index contributed by atoms with van der Waals surface area (Å²) in [4.78, 5) is 0. The molecule has 1 fully saturated rings. The SMILES string of the molecule is CC1OCCC1(O)CNc1cc(N)cc(F)c1. The molecule has 1 aromatic carbocycles. The molecule has 1 aliphatic rings. The summed E-state index contributed by atoms with van der Waals surface area (Å²) in [7, 11) is 0. The number of hydrogen-bond acceptors (Lipinski definition) is 4. The molecule has 0 radical (unpaired) electrons. The van der Waals surface area contributed by atoms with E-state index in [2.05, 4.69) is 5.32 Å². The molecule has 0 aromatic heterocycles. The van der Waals surface area contributed by atoms with Gasteiger partial charge in [0.05, 0.1) is 6.10 Å². The second kappa shape index (κ2) is 4.50. The molecule has 1 aromatic rings. The van der Waals surface area contributed by atoms with Crippen LogP contribution in [0.1, 0.15) is 13.3 Å². The van der Waals surface area contributed by atoms with Gasteiger partial charge in [-0.15, -0.1) is 0 Å². The highest BCUT2D eigenvalue weighted by Crippen LogP contribution is 2.26. The van der Waals surface area contributed by atoms with Crippen LogP contribution >= 0.6 is 0 Å². The molecule has 0 saturated carbocycles. The summed E-state index contributed by atoms with van der Waals surface area (Å²) in [5.41, 5.74) is 5.56. The van der Waals surface area contributed by atoms with Crippen molar-refractivity contribution in [2.24, 2.45) is 0 Å². The van der Waals surface area contributed by atoms with Gasteiger partial charge in [0.15, 0.2) is 0 Å². The van der Waals surface area contributed by atoms with Crippen LogP contribution in [0.15, 0.2) is 18.2 Å². The van der Waals surface area contributed by atoms with E-state index >= 15 is 0 Å². The first-order valence-corrected chi connectivity index (χ1v) is 5.63. The number of benzene rings is 1. The fourth-order valence-electron chi connectivity index (χ4n) is 1.97. The minimum atomic E-state index is -0.902. The van der Waals surface area contributed by atoms with Crippen LogP contribution in [0.5, 0.6) is 0 Å². The van der Waals surface area contributed by atoms with Crippen molar-refractivity contribution in [3.05, 3.63) is 24.0 Å². The van der Waals surface area contributed by atoms with E-state index in [9.17, 15) is 9.50 Å². The fraction of sp³-hybridized carbons (Fsp3) is 0.500. The van der Waals surface area contributed by atoms with Crippen LogP contribution in [0.2, 0.25) is 0 Å². The van der Waals surface area contributed by atoms with Gasteiger partial charge < -0.3 is 20.9 Å². The number of nitrogens with two attached hydrogens (primary N) is 1. The van der Waals surface area contributed by atoms with Crippen molar-refractivity contribution in [2.45, 2.75) is 25.0 Å². The van der Waals surface area contributed by atoms with E-state index in [0.717, 1.165) is 0 Å². The topological polar surface area (TPSA) is 67.5 Å². The lowest BCUT2D eigenvalue weighted by molar-refractivity contribution is -0.0175. The quantitative estimate of drug-likeness (QED) is 0.698. The maximum Gasteiger partial charge on any atom is 0.127 e. The lowest BCUT2D eigenvalue weighted by Crippen LogP contribution is -2.43. The Morgan fingerprint density at radius 1 is 1.59 bits per heavy atom. The van der Waals surface area contributed by atoms with Gasteiger partial charge in [0.25, 0.3) is 0 Å². The van der Waals surface area contributed by atoms with Gasteiger partial charge >= 0.3 is 0 Å². The van der Waals surface area contributed by atoms with Crippen molar-refractivity contribution >= 4 is 11.4 Å². The van der Waals surface area contributed by atoms with Crippen LogP contribution in [0, 0.1) is 5.82 Å². The third kappa shape index (κ3) is 2.68. The number of halogens is 1. The molecule has 2 unspecified atom stereocenters. The third-order valence-corrected chi connectivity index (χ3v) is 3.18. The Morgan fingerprint density at radius 2 is 2.35 bits per heavy atom. The molecule has 4 nitrogen and oxygen atoms in total. The van der Waals surface area contributed by atoms with Gasteiger partial charge in [0, 0.05) is 30.9 Å². The molecule has 2 rings (SSSR count). The molecule has 0 spiro atoms. The number of nitrogens with one attached hydrogen (secondary N) is 1. The number of ether oxygens (including phenoxy) is 1. The van der Waals surface area contributed by atoms with E-state index in [0.29, 0.717) is 30.9 Å². The van der Waals surface area contributed by atoms with Crippen LogP contribution in [-0.4, -0.2) is 30.0 Å². The lowest BCUT2D eigenvalue weighted by Gasteiger charge is -2.26. The van der Waals surface area contributed by atoms with Crippen LogP contribution in [-0.2, 0) is 4.74 Å². The Kier molecular flexibility index (Phi) is 3.22. The number of rotatable bonds is 3. The first-order valence-electron chi connectivity index (χ1n) is 5.63. The van der Waals surface area contributed by atoms with Gasteiger partial charge in [-0.2, -0.15) is 0 Å². The molecule has 1 aliphatic heterocycles. The highest BCUT2D eigenvalue weighted by Gasteiger charge is 2.39. The van der Waals surface area contributed by atoms with Crippen LogP contribution in [0.4, 0.5) is 15.8 Å². The summed E-state index contributed by atoms with van der Waals surface area (Å²) in [5, 5.41) is 13.2. The molecule has 94 valence electrons. The molecular formula is C12H17FN2O2. The molecule has 0 bridgehead atoms. The molecule has 0 amide bonds. The van der Waals surface area contributed by atoms with Gasteiger partial charge in [0.2, 0.25) is 0 Å². The van der Waals surface area contributed by atoms with Gasteiger partial charge in [0.1, 0.15) is 11.4 Å². The smallest absolute Gasteiger partial charge is 0.127 e. The van der Waals surface area contributed by atoms with E-state index in [1.54, 1.807) is 6.07 Å². The zero-order chi connectivity index (χ0) is 12.5. The second-order valence-electron chi connectivity index (χ2n) is 4.49. The van der Waals surface area contributed by atoms with Crippen molar-refractivity contribution in [2.75, 3.05) is 24.2 Å². The molecular weight excluding hydrogens is 223 g/mol. The summed E-state index contributed by atoms with van der Waals surface area (Å²) in [6.45, 7) is 2.69. The second-order valence-corrected chi connectivity index (χ2v) is 4.49. The van der Waals surface area contributed by atoms with Crippen molar-refractivity contribution < 1.29 is 14.2 Å². The zero-order valence-electron chi connectivity index (χ0n) is 9.74. The van der Waals surface area contributed by atoms with E-state index in [1.165, 1.54) is 12.1 Å². The molecule has 17 heavy (non-hydrogen) atoms. The Hall–Kier alpha value is -1.33. The maximum absolute atomic E-state index is 13.1. The standard InChI is InChI=1S/C12H17FN2O2/c1-8-12(16,2-3-17-8)7-15-11-5-9(13)4-10(14)6-11/h4-6,8,15-16H,2-3,7,14H2,1H3. The van der Waals surface area contributed by atoms with Gasteiger partial charge in [-0.25, -0.2) is 4.39 Å². The summed E-state index contributed by atoms with van der Waals surface area (Å²) >= 11 is 0. The monoisotopic (exact) mass is 240 g/mol. The summed E-state index contributed by atoms with van der Waals surface area (Å²) in [5.74, 6) is -0.393. The first-order chi connectivity index (χ1) is 7.99. The van der Waals surface area contributed by atoms with Gasteiger partial charge in [-0.1, -0.05) is 0 Å². The summed E-state index contributed by atoms with van der Waals surface area (Å²) in [6.07, 6.45) is 0.354. The van der Waals surface area contributed by atoms with E-state index in [4.69, 9.17) is 10.5 Å². The number of aliphatic hydroxyl groups is 1. The van der Waals surface area contributed by atoms with Crippen molar-refractivity contribution in [3.63, 3.8) is 0 Å². The van der Waals surface area contributed by atoms with Crippen molar-refractivity contribution in [3.8, 4) is 0 Å². The largest absolute Gasteiger partial charge is 0.399 e. The Morgan fingerprint density at radius 3 is 2.94 bits per heavy atom. The van der Waals surface area contributed by atoms with Crippen LogP contribution in [0.3, 0.4) is 0 Å². The maximum atomic E-state index is 13.1. The van der Waals surface area contributed by atoms with Gasteiger partial charge in [-0.05, 0) is 25.1 Å². The Labute approximate surface area is 99.6 Å². The molecule has 5 heteroatoms. The average molecular weight is 240 g/mol. The summed E-state index contributed by atoms with van der Waals surface area (Å²) in [6, 6.07) is 4.23. The molecule has 4 N–H and O–H groups in total. The Bertz CT molecular complexity index is 393. The Balaban J connectivity index is 2.02. The average Bonchev–Trinajstić information content (AvgIpc) is 2.56. The third-order valence-electron chi connectivity index (χ3n) is 3.18. The molecule has 0 aliphatic carbocycles. The fourth-order valence-corrected chi connectivity index (χ4v) is 1.97. The zero-order valence-corrected chi connectivity index (χ0v) is 9.74. The predicted octanol–water partition coefficient (Wildman–Crippen LogP) is 1.36. The van der Waals surface area contributed by atoms with Crippen LogP contribution < -0.4 is 11.1 Å². The van der Waals surface area contributed by atoms with Crippen molar-refractivity contribution in [1.29, 1.82) is 0 Å². The normalized spacial score (nSPS) is 28.3. The number of hydrogen-bond donors (Lipinski definition) is 3. The van der Waals surface area contributed by atoms with E-state index < -0.39 is 11.4 Å². The van der Waals surface area contributed by atoms with Crippen molar-refractivity contribution in [1.82, 2.24) is 0 Å². The van der Waals surface area contributed by atoms with E-state index in [-0.39, 0.29) is 6.10 Å². The first kappa shape index (κ1) is 12.1. The minimum absolute atomic E-state index is 0.221. The molecule has 1 saturated heterocycles. The summed E-state index contributed by atoms with van der Waals surface area (Å²) < 4.78 is 18.4. The highest BCUT2D eigenvalue weighted by molar-refractivity contribution is 5.54. The number of nitrogen functional groups attached to an aromatic ring is 1. The minimum Gasteiger partial charge on any atom is -0.399 e. The van der Waals surface area contributed by atoms with E-state index in [1.807, 2.05) is 6.92 Å². The molecule has 1 heterocycles. The lowest BCUT2D eigenvalue weighted by atomic mass is 9.96. The highest BCUT2D eigenvalue weighted by atomic mass is 19.1. The predicted molar refractivity (Wildman–Crippen MR) is 64.3 cm³/mol.